The maximum Gasteiger partial charge on any atom is 0.338 e. The zero-order chi connectivity index (χ0) is 13.4. The van der Waals surface area contributed by atoms with Crippen molar-refractivity contribution in [1.29, 1.82) is 0 Å². The Morgan fingerprint density at radius 3 is 2.58 bits per heavy atom. The molecule has 0 radical (unpaired) electrons. The molecule has 2 heterocycles. The number of pyridine rings is 1. The van der Waals surface area contributed by atoms with Gasteiger partial charge in [-0.2, -0.15) is 0 Å². The highest BCUT2D eigenvalue weighted by Gasteiger charge is 2.10. The summed E-state index contributed by atoms with van der Waals surface area (Å²) in [6.45, 7) is 0. The molecule has 0 amide bonds. The first-order chi connectivity index (χ1) is 9.15. The van der Waals surface area contributed by atoms with Gasteiger partial charge >= 0.3 is 5.63 Å². The minimum Gasteiger partial charge on any atom is -0.406 e. The van der Waals surface area contributed by atoms with Crippen LogP contribution < -0.4 is 11.2 Å². The zero-order valence-corrected chi connectivity index (χ0v) is 10.4. The number of halogens is 1. The first-order valence-electron chi connectivity index (χ1n) is 5.57. The fraction of sp³-hybridized carbons (Fsp3) is 0. The number of H-pyrrole nitrogens is 1. The first-order valence-corrected chi connectivity index (χ1v) is 5.95. The van der Waals surface area contributed by atoms with Gasteiger partial charge in [-0.15, -0.1) is 0 Å². The average Bonchev–Trinajstić information content (AvgIpc) is 2.38. The van der Waals surface area contributed by atoms with Crippen LogP contribution in [-0.2, 0) is 0 Å². The number of hydrogen-bond donors (Lipinski definition) is 1. The lowest BCUT2D eigenvalue weighted by Gasteiger charge is -2.06. The maximum absolute atomic E-state index is 11.6. The standard InChI is InChI=1S/C14H8ClNO3/c15-11-4-2-1-3-8(11)10-7-13(18)19-14-9(10)5-6-12(17)16-14/h1-7H,(H,16,17). The van der Waals surface area contributed by atoms with Crippen molar-refractivity contribution in [2.24, 2.45) is 0 Å². The monoisotopic (exact) mass is 273 g/mol. The molecular formula is C14H8ClNO3. The Balaban J connectivity index is 2.45. The number of hydrogen-bond acceptors (Lipinski definition) is 3. The fourth-order valence-corrected chi connectivity index (χ4v) is 2.21. The second-order valence-electron chi connectivity index (χ2n) is 4.02. The van der Waals surface area contributed by atoms with Gasteiger partial charge < -0.3 is 4.42 Å². The molecule has 0 saturated heterocycles. The molecule has 1 N–H and O–H groups in total. The van der Waals surface area contributed by atoms with E-state index < -0.39 is 5.63 Å². The summed E-state index contributed by atoms with van der Waals surface area (Å²) in [5.74, 6) is 0. The van der Waals surface area contributed by atoms with Crippen LogP contribution in [0, 0.1) is 0 Å². The van der Waals surface area contributed by atoms with E-state index in [0.717, 1.165) is 0 Å². The Kier molecular flexibility index (Phi) is 2.72. The molecular weight excluding hydrogens is 266 g/mol. The van der Waals surface area contributed by atoms with Crippen molar-refractivity contribution in [1.82, 2.24) is 4.98 Å². The highest BCUT2D eigenvalue weighted by molar-refractivity contribution is 6.33. The van der Waals surface area contributed by atoms with E-state index in [1.807, 2.05) is 12.1 Å². The van der Waals surface area contributed by atoms with Crippen LogP contribution in [0.25, 0.3) is 22.2 Å². The van der Waals surface area contributed by atoms with Crippen LogP contribution in [-0.4, -0.2) is 4.98 Å². The molecule has 2 aromatic heterocycles. The van der Waals surface area contributed by atoms with Crippen LogP contribution in [0.4, 0.5) is 0 Å². The Morgan fingerprint density at radius 1 is 1.00 bits per heavy atom. The van der Waals surface area contributed by atoms with Crippen molar-refractivity contribution >= 4 is 22.7 Å². The van der Waals surface area contributed by atoms with Crippen molar-refractivity contribution in [3.63, 3.8) is 0 Å². The number of nitrogens with one attached hydrogen (secondary N) is 1. The number of aromatic amines is 1. The van der Waals surface area contributed by atoms with Gasteiger partial charge in [-0.1, -0.05) is 29.8 Å². The van der Waals surface area contributed by atoms with Gasteiger partial charge in [0.25, 0.3) is 5.56 Å². The van der Waals surface area contributed by atoms with Gasteiger partial charge in [0.2, 0.25) is 5.71 Å². The fourth-order valence-electron chi connectivity index (χ4n) is 1.98. The molecule has 4 nitrogen and oxygen atoms in total. The van der Waals surface area contributed by atoms with E-state index >= 15 is 0 Å². The molecule has 19 heavy (non-hydrogen) atoms. The molecule has 1 aromatic carbocycles. The number of rotatable bonds is 1. The number of benzene rings is 1. The molecule has 94 valence electrons. The predicted octanol–water partition coefficient (Wildman–Crippen LogP) is 2.80. The zero-order valence-electron chi connectivity index (χ0n) is 9.64. The second kappa shape index (κ2) is 4.40. The highest BCUT2D eigenvalue weighted by atomic mass is 35.5. The van der Waals surface area contributed by atoms with E-state index in [2.05, 4.69) is 4.98 Å². The third kappa shape index (κ3) is 2.06. The van der Waals surface area contributed by atoms with Crippen molar-refractivity contribution < 1.29 is 4.42 Å². The Morgan fingerprint density at radius 2 is 1.79 bits per heavy atom. The van der Waals surface area contributed by atoms with Crippen LogP contribution >= 0.6 is 11.6 Å². The minimum absolute atomic E-state index is 0.148. The van der Waals surface area contributed by atoms with Crippen LogP contribution in [0.2, 0.25) is 5.02 Å². The van der Waals surface area contributed by atoms with Crippen molar-refractivity contribution in [2.75, 3.05) is 0 Å². The minimum atomic E-state index is -0.538. The quantitative estimate of drug-likeness (QED) is 0.741. The topological polar surface area (TPSA) is 63.1 Å². The lowest BCUT2D eigenvalue weighted by molar-refractivity contribution is 0.549. The Hall–Kier alpha value is -2.33. The van der Waals surface area contributed by atoms with Crippen molar-refractivity contribution in [3.05, 3.63) is 68.3 Å². The largest absolute Gasteiger partial charge is 0.406 e. The summed E-state index contributed by atoms with van der Waals surface area (Å²) in [6.07, 6.45) is 0. The van der Waals surface area contributed by atoms with Crippen LogP contribution in [0.15, 0.2) is 56.5 Å². The molecule has 0 saturated carbocycles. The number of aromatic nitrogens is 1. The SMILES string of the molecule is O=c1ccc2c(-c3ccccc3Cl)cc(=O)oc2[nH]1. The Labute approximate surface area is 112 Å². The molecule has 0 aliphatic heterocycles. The molecule has 0 bridgehead atoms. The lowest BCUT2D eigenvalue weighted by atomic mass is 10.0. The summed E-state index contributed by atoms with van der Waals surface area (Å²) in [5.41, 5.74) is 0.633. The van der Waals surface area contributed by atoms with Gasteiger partial charge in [0, 0.05) is 33.7 Å². The molecule has 0 aliphatic carbocycles. The van der Waals surface area contributed by atoms with Crippen molar-refractivity contribution in [2.45, 2.75) is 0 Å². The molecule has 0 aliphatic rings. The summed E-state index contributed by atoms with van der Waals surface area (Å²) in [7, 11) is 0. The van der Waals surface area contributed by atoms with Crippen molar-refractivity contribution in [3.8, 4) is 11.1 Å². The molecule has 0 unspecified atom stereocenters. The smallest absolute Gasteiger partial charge is 0.338 e. The number of fused-ring (bicyclic) bond motifs is 1. The molecule has 0 spiro atoms. The summed E-state index contributed by atoms with van der Waals surface area (Å²) < 4.78 is 4.99. The summed E-state index contributed by atoms with van der Waals surface area (Å²) in [5, 5.41) is 1.16. The summed E-state index contributed by atoms with van der Waals surface area (Å²) in [6, 6.07) is 11.5. The molecule has 3 rings (SSSR count). The van der Waals surface area contributed by atoms with Crippen LogP contribution in [0.3, 0.4) is 0 Å². The van der Waals surface area contributed by atoms with E-state index in [4.69, 9.17) is 16.0 Å². The third-order valence-electron chi connectivity index (χ3n) is 2.80. The molecule has 3 aromatic rings. The van der Waals surface area contributed by atoms with Gasteiger partial charge in [-0.3, -0.25) is 9.78 Å². The van der Waals surface area contributed by atoms with Crippen LogP contribution in [0.1, 0.15) is 0 Å². The van der Waals surface area contributed by atoms with E-state index in [1.165, 1.54) is 12.1 Å². The van der Waals surface area contributed by atoms with E-state index in [9.17, 15) is 9.59 Å². The first kappa shape index (κ1) is 11.7. The molecule has 0 atom stereocenters. The normalized spacial score (nSPS) is 10.8. The molecule has 5 heteroatoms. The molecule has 0 fully saturated rings. The maximum atomic E-state index is 11.6. The van der Waals surface area contributed by atoms with E-state index in [0.29, 0.717) is 21.5 Å². The highest BCUT2D eigenvalue weighted by Crippen LogP contribution is 2.31. The van der Waals surface area contributed by atoms with Crippen LogP contribution in [0.5, 0.6) is 0 Å². The summed E-state index contributed by atoms with van der Waals surface area (Å²) in [4.78, 5) is 25.3. The lowest BCUT2D eigenvalue weighted by Crippen LogP contribution is -2.06. The van der Waals surface area contributed by atoms with Gasteiger partial charge in [-0.05, 0) is 12.1 Å². The average molecular weight is 274 g/mol. The second-order valence-corrected chi connectivity index (χ2v) is 4.43. The van der Waals surface area contributed by atoms with Gasteiger partial charge in [0.05, 0.1) is 0 Å². The summed E-state index contributed by atoms with van der Waals surface area (Å²) >= 11 is 6.14. The van der Waals surface area contributed by atoms with Gasteiger partial charge in [-0.25, -0.2) is 4.79 Å². The van der Waals surface area contributed by atoms with E-state index in [-0.39, 0.29) is 11.3 Å². The third-order valence-corrected chi connectivity index (χ3v) is 3.13. The van der Waals surface area contributed by atoms with Gasteiger partial charge in [0.15, 0.2) is 0 Å². The van der Waals surface area contributed by atoms with E-state index in [1.54, 1.807) is 18.2 Å². The Bertz CT molecular complexity index is 874. The predicted molar refractivity (Wildman–Crippen MR) is 73.6 cm³/mol. The van der Waals surface area contributed by atoms with Gasteiger partial charge in [0.1, 0.15) is 0 Å².